The van der Waals surface area contributed by atoms with E-state index in [-0.39, 0.29) is 16.8 Å². The Hall–Kier alpha value is -3.87. The Balaban J connectivity index is 1.72. The lowest BCUT2D eigenvalue weighted by Gasteiger charge is -2.10. The van der Waals surface area contributed by atoms with Crippen LogP contribution in [0.3, 0.4) is 0 Å². The Morgan fingerprint density at radius 3 is 2.29 bits per heavy atom. The fraction of sp³-hybridized carbons (Fsp3) is 0. The zero-order valence-corrected chi connectivity index (χ0v) is 14.5. The van der Waals surface area contributed by atoms with Gasteiger partial charge in [0.1, 0.15) is 11.6 Å². The van der Waals surface area contributed by atoms with Gasteiger partial charge in [-0.15, -0.1) is 0 Å². The van der Waals surface area contributed by atoms with Crippen LogP contribution in [-0.4, -0.2) is 18.0 Å². The summed E-state index contributed by atoms with van der Waals surface area (Å²) < 4.78 is 26.4. The summed E-state index contributed by atoms with van der Waals surface area (Å²) in [5.74, 6) is -2.07. The molecule has 0 unspecified atom stereocenters. The summed E-state index contributed by atoms with van der Waals surface area (Å²) in [6.07, 6.45) is 1.30. The van der Waals surface area contributed by atoms with Crippen LogP contribution >= 0.6 is 0 Å². The van der Waals surface area contributed by atoms with Crippen LogP contribution in [0, 0.1) is 11.6 Å². The number of benzene rings is 3. The number of nitrogens with one attached hydrogen (secondary N) is 2. The summed E-state index contributed by atoms with van der Waals surface area (Å²) in [6.45, 7) is 0. The number of hydrazone groups is 1. The fourth-order valence-corrected chi connectivity index (χ4v) is 2.43. The summed E-state index contributed by atoms with van der Waals surface area (Å²) >= 11 is 0. The summed E-state index contributed by atoms with van der Waals surface area (Å²) in [4.78, 5) is 24.7. The molecule has 0 spiro atoms. The molecule has 0 radical (unpaired) electrons. The zero-order valence-electron chi connectivity index (χ0n) is 14.5. The Kier molecular flexibility index (Phi) is 5.86. The number of anilines is 1. The van der Waals surface area contributed by atoms with Crippen molar-refractivity contribution in [3.8, 4) is 0 Å². The Morgan fingerprint density at radius 1 is 0.821 bits per heavy atom. The first kappa shape index (κ1) is 18.9. The van der Waals surface area contributed by atoms with Crippen molar-refractivity contribution in [3.05, 3.63) is 101 Å². The van der Waals surface area contributed by atoms with Gasteiger partial charge in [-0.05, 0) is 48.0 Å². The van der Waals surface area contributed by atoms with Gasteiger partial charge in [-0.2, -0.15) is 5.10 Å². The van der Waals surface area contributed by atoms with Crippen molar-refractivity contribution >= 4 is 23.7 Å². The van der Waals surface area contributed by atoms with Crippen molar-refractivity contribution < 1.29 is 18.4 Å². The molecular weight excluding hydrogens is 364 g/mol. The van der Waals surface area contributed by atoms with E-state index in [0.29, 0.717) is 5.56 Å². The molecule has 2 N–H and O–H groups in total. The van der Waals surface area contributed by atoms with Gasteiger partial charge in [-0.1, -0.05) is 30.3 Å². The van der Waals surface area contributed by atoms with Crippen LogP contribution in [0.4, 0.5) is 14.5 Å². The molecule has 2 amide bonds. The minimum atomic E-state index is -0.567. The summed E-state index contributed by atoms with van der Waals surface area (Å²) in [5.41, 5.74) is 3.35. The molecule has 0 fully saturated rings. The predicted octanol–water partition coefficient (Wildman–Crippen LogP) is 3.98. The van der Waals surface area contributed by atoms with E-state index in [0.717, 1.165) is 6.07 Å². The Bertz CT molecular complexity index is 1050. The number of nitrogens with zero attached hydrogens (tertiary/aromatic N) is 1. The molecule has 7 heteroatoms. The molecule has 140 valence electrons. The van der Waals surface area contributed by atoms with E-state index in [9.17, 15) is 18.4 Å². The van der Waals surface area contributed by atoms with Gasteiger partial charge in [-0.3, -0.25) is 9.59 Å². The van der Waals surface area contributed by atoms with Gasteiger partial charge in [0.25, 0.3) is 11.8 Å². The van der Waals surface area contributed by atoms with Crippen LogP contribution in [0.5, 0.6) is 0 Å². The van der Waals surface area contributed by atoms with Crippen LogP contribution in [0.15, 0.2) is 77.9 Å². The highest BCUT2D eigenvalue weighted by Gasteiger charge is 2.14. The largest absolute Gasteiger partial charge is 0.321 e. The number of hydrogen-bond acceptors (Lipinski definition) is 3. The smallest absolute Gasteiger partial charge is 0.273 e. The maximum absolute atomic E-state index is 13.3. The van der Waals surface area contributed by atoms with Crippen LogP contribution in [0.25, 0.3) is 0 Å². The van der Waals surface area contributed by atoms with Crippen molar-refractivity contribution in [3.63, 3.8) is 0 Å². The maximum Gasteiger partial charge on any atom is 0.273 e. The van der Waals surface area contributed by atoms with E-state index in [1.54, 1.807) is 24.3 Å². The Morgan fingerprint density at radius 2 is 1.54 bits per heavy atom. The molecule has 5 nitrogen and oxygen atoms in total. The zero-order chi connectivity index (χ0) is 19.9. The minimum absolute atomic E-state index is 0.124. The molecule has 0 aliphatic heterocycles. The van der Waals surface area contributed by atoms with Crippen molar-refractivity contribution in [1.82, 2.24) is 5.43 Å². The molecule has 0 aliphatic rings. The summed E-state index contributed by atoms with van der Waals surface area (Å²) in [7, 11) is 0. The summed E-state index contributed by atoms with van der Waals surface area (Å²) in [5, 5.41) is 6.38. The number of hydrogen-bond donors (Lipinski definition) is 2. The lowest BCUT2D eigenvalue weighted by Crippen LogP contribution is -2.21. The van der Waals surface area contributed by atoms with Crippen LogP contribution in [0.1, 0.15) is 26.3 Å². The lowest BCUT2D eigenvalue weighted by atomic mass is 10.1. The quantitative estimate of drug-likeness (QED) is 0.520. The third-order valence-corrected chi connectivity index (χ3v) is 3.74. The highest BCUT2D eigenvalue weighted by atomic mass is 19.1. The van der Waals surface area contributed by atoms with Crippen molar-refractivity contribution in [1.29, 1.82) is 0 Å². The first-order chi connectivity index (χ1) is 13.5. The van der Waals surface area contributed by atoms with Crippen LogP contribution in [0.2, 0.25) is 0 Å². The van der Waals surface area contributed by atoms with E-state index in [2.05, 4.69) is 15.8 Å². The van der Waals surface area contributed by atoms with Gasteiger partial charge in [0.05, 0.1) is 17.5 Å². The summed E-state index contributed by atoms with van der Waals surface area (Å²) in [6, 6.07) is 17.3. The molecule has 0 aromatic heterocycles. The molecule has 3 rings (SSSR count). The topological polar surface area (TPSA) is 70.6 Å². The molecular formula is C21H15F2N3O2. The van der Waals surface area contributed by atoms with Crippen LogP contribution in [-0.2, 0) is 0 Å². The van der Waals surface area contributed by atoms with E-state index in [1.165, 1.54) is 48.7 Å². The van der Waals surface area contributed by atoms with Gasteiger partial charge in [0.15, 0.2) is 0 Å². The first-order valence-electron chi connectivity index (χ1n) is 8.28. The third-order valence-electron chi connectivity index (χ3n) is 3.74. The van der Waals surface area contributed by atoms with Crippen molar-refractivity contribution in [2.75, 3.05) is 5.32 Å². The second-order valence-electron chi connectivity index (χ2n) is 5.76. The first-order valence-corrected chi connectivity index (χ1v) is 8.28. The minimum Gasteiger partial charge on any atom is -0.321 e. The normalized spacial score (nSPS) is 10.6. The second-order valence-corrected chi connectivity index (χ2v) is 5.76. The average Bonchev–Trinajstić information content (AvgIpc) is 2.68. The highest BCUT2D eigenvalue weighted by Crippen LogP contribution is 2.16. The second kappa shape index (κ2) is 8.68. The number of rotatable bonds is 5. The van der Waals surface area contributed by atoms with Gasteiger partial charge in [-0.25, -0.2) is 14.2 Å². The molecule has 0 saturated heterocycles. The number of carbonyl (C=O) groups is 2. The molecule has 0 atom stereocenters. The van der Waals surface area contributed by atoms with Gasteiger partial charge >= 0.3 is 0 Å². The highest BCUT2D eigenvalue weighted by molar-refractivity contribution is 6.09. The fourth-order valence-electron chi connectivity index (χ4n) is 2.43. The van der Waals surface area contributed by atoms with Crippen molar-refractivity contribution in [2.45, 2.75) is 0 Å². The van der Waals surface area contributed by atoms with E-state index in [4.69, 9.17) is 0 Å². The molecule has 0 saturated carbocycles. The number of halogens is 2. The lowest BCUT2D eigenvalue weighted by molar-refractivity contribution is 0.0956. The van der Waals surface area contributed by atoms with E-state index < -0.39 is 23.4 Å². The molecule has 28 heavy (non-hydrogen) atoms. The van der Waals surface area contributed by atoms with E-state index >= 15 is 0 Å². The SMILES string of the molecule is O=C(Nc1ccccc1C(=O)N/N=C/c1cccc(F)c1)c1cccc(F)c1. The number of para-hydroxylation sites is 1. The van der Waals surface area contributed by atoms with Crippen molar-refractivity contribution in [2.24, 2.45) is 5.10 Å². The van der Waals surface area contributed by atoms with Gasteiger partial charge < -0.3 is 5.32 Å². The van der Waals surface area contributed by atoms with Gasteiger partial charge in [0.2, 0.25) is 0 Å². The molecule has 3 aromatic rings. The monoisotopic (exact) mass is 379 g/mol. The molecule has 3 aromatic carbocycles. The Labute approximate surface area is 159 Å². The molecule has 0 aliphatic carbocycles. The van der Waals surface area contributed by atoms with Crippen LogP contribution < -0.4 is 10.7 Å². The maximum atomic E-state index is 13.3. The predicted molar refractivity (Wildman–Crippen MR) is 102 cm³/mol. The molecule has 0 heterocycles. The molecule has 0 bridgehead atoms. The average molecular weight is 379 g/mol. The standard InChI is InChI=1S/C21H15F2N3O2/c22-16-7-3-5-14(11-16)13-24-26-21(28)18-9-1-2-10-19(18)25-20(27)15-6-4-8-17(23)12-15/h1-13H,(H,25,27)(H,26,28)/b24-13+. The third kappa shape index (κ3) is 4.85. The number of carbonyl (C=O) groups excluding carboxylic acids is 2. The van der Waals surface area contributed by atoms with E-state index in [1.807, 2.05) is 0 Å². The number of amides is 2. The van der Waals surface area contributed by atoms with Gasteiger partial charge in [0, 0.05) is 5.56 Å².